The summed E-state index contributed by atoms with van der Waals surface area (Å²) in [5.74, 6) is 0. The van der Waals surface area contributed by atoms with E-state index < -0.39 is 0 Å². The second-order valence-corrected chi connectivity index (χ2v) is 8.76. The Bertz CT molecular complexity index is 543. The van der Waals surface area contributed by atoms with Gasteiger partial charge in [0, 0.05) is 6.42 Å². The monoisotopic (exact) mass is 300 g/mol. The minimum absolute atomic E-state index is 0.101. The van der Waals surface area contributed by atoms with Crippen molar-refractivity contribution in [3.05, 3.63) is 47.1 Å². The number of ether oxygens (including phenoxy) is 1. The number of rotatable bonds is 3. The van der Waals surface area contributed by atoms with Gasteiger partial charge in [0.05, 0.1) is 11.2 Å². The summed E-state index contributed by atoms with van der Waals surface area (Å²) in [7, 11) is 0. The van der Waals surface area contributed by atoms with E-state index in [9.17, 15) is 0 Å². The molecule has 0 radical (unpaired) electrons. The van der Waals surface area contributed by atoms with Gasteiger partial charge in [-0.2, -0.15) is 0 Å². The first-order valence-corrected chi connectivity index (χ1v) is 8.47. The topological polar surface area (TPSA) is 9.23 Å². The van der Waals surface area contributed by atoms with Gasteiger partial charge in [-0.25, -0.2) is 0 Å². The van der Waals surface area contributed by atoms with Crippen molar-refractivity contribution in [2.24, 2.45) is 5.41 Å². The molecule has 1 unspecified atom stereocenters. The predicted molar refractivity (Wildman–Crippen MR) is 95.9 cm³/mol. The van der Waals surface area contributed by atoms with Crippen molar-refractivity contribution in [1.29, 1.82) is 0 Å². The largest absolute Gasteiger partial charge is 0.364 e. The highest BCUT2D eigenvalue weighted by Gasteiger charge is 2.44. The highest BCUT2D eigenvalue weighted by Crippen LogP contribution is 2.47. The van der Waals surface area contributed by atoms with Crippen LogP contribution < -0.4 is 0 Å². The van der Waals surface area contributed by atoms with E-state index in [1.807, 2.05) is 0 Å². The third kappa shape index (κ3) is 4.01. The molecule has 0 spiro atoms. The Morgan fingerprint density at radius 2 is 1.77 bits per heavy atom. The van der Waals surface area contributed by atoms with Gasteiger partial charge in [0.2, 0.25) is 0 Å². The Morgan fingerprint density at radius 3 is 2.27 bits per heavy atom. The number of allylic oxidation sites excluding steroid dienone is 5. The summed E-state index contributed by atoms with van der Waals surface area (Å²) >= 11 is 0. The van der Waals surface area contributed by atoms with E-state index in [1.165, 1.54) is 16.7 Å². The van der Waals surface area contributed by atoms with Crippen LogP contribution >= 0.6 is 0 Å². The Hall–Kier alpha value is -1.08. The Labute approximate surface area is 136 Å². The maximum Gasteiger partial charge on any atom is 0.0981 e. The fourth-order valence-electron chi connectivity index (χ4n) is 3.61. The summed E-state index contributed by atoms with van der Waals surface area (Å²) in [6, 6.07) is 0. The van der Waals surface area contributed by atoms with Gasteiger partial charge in [-0.15, -0.1) is 0 Å². The van der Waals surface area contributed by atoms with Crippen LogP contribution in [0.2, 0.25) is 0 Å². The highest BCUT2D eigenvalue weighted by atomic mass is 16.5. The van der Waals surface area contributed by atoms with E-state index in [0.717, 1.165) is 19.3 Å². The second-order valence-electron chi connectivity index (χ2n) is 8.76. The fraction of sp³-hybridized carbons (Fsp3) is 0.619. The zero-order valence-electron chi connectivity index (χ0n) is 15.4. The lowest BCUT2D eigenvalue weighted by molar-refractivity contribution is -0.117. The molecule has 0 N–H and O–H groups in total. The van der Waals surface area contributed by atoms with E-state index >= 15 is 0 Å². The fourth-order valence-corrected chi connectivity index (χ4v) is 3.61. The molecule has 0 aromatic rings. The van der Waals surface area contributed by atoms with Crippen molar-refractivity contribution in [1.82, 2.24) is 0 Å². The summed E-state index contributed by atoms with van der Waals surface area (Å²) in [5, 5.41) is 0. The van der Waals surface area contributed by atoms with E-state index in [1.54, 1.807) is 0 Å². The van der Waals surface area contributed by atoms with Crippen LogP contribution in [0.15, 0.2) is 47.1 Å². The van der Waals surface area contributed by atoms with Gasteiger partial charge < -0.3 is 4.74 Å². The normalized spacial score (nSPS) is 25.9. The maximum atomic E-state index is 6.73. The second kappa shape index (κ2) is 5.85. The van der Waals surface area contributed by atoms with Crippen LogP contribution in [0, 0.1) is 5.41 Å². The highest BCUT2D eigenvalue weighted by molar-refractivity contribution is 5.41. The molecule has 0 amide bonds. The van der Waals surface area contributed by atoms with Gasteiger partial charge in [-0.1, -0.05) is 56.7 Å². The van der Waals surface area contributed by atoms with Crippen LogP contribution in [-0.4, -0.2) is 11.2 Å². The molecule has 0 aromatic heterocycles. The molecule has 1 nitrogen and oxygen atoms in total. The van der Waals surface area contributed by atoms with Crippen molar-refractivity contribution in [2.75, 3.05) is 0 Å². The molecule has 22 heavy (non-hydrogen) atoms. The van der Waals surface area contributed by atoms with Crippen LogP contribution in [0.1, 0.15) is 67.7 Å². The smallest absolute Gasteiger partial charge is 0.0981 e. The van der Waals surface area contributed by atoms with E-state index in [4.69, 9.17) is 4.74 Å². The number of hydrogen-bond acceptors (Lipinski definition) is 1. The van der Waals surface area contributed by atoms with Gasteiger partial charge in [-0.05, 0) is 57.1 Å². The average Bonchev–Trinajstić information content (AvgIpc) is 2.81. The molecule has 0 aromatic carbocycles. The van der Waals surface area contributed by atoms with Gasteiger partial charge in [0.1, 0.15) is 0 Å². The molecule has 0 saturated carbocycles. The molecular formula is C21H32O. The van der Waals surface area contributed by atoms with Crippen molar-refractivity contribution >= 4 is 0 Å². The zero-order chi connectivity index (χ0) is 16.6. The van der Waals surface area contributed by atoms with E-state index in [0.29, 0.717) is 0 Å². The molecule has 2 rings (SSSR count). The quantitative estimate of drug-likeness (QED) is 0.608. The molecule has 0 fully saturated rings. The minimum Gasteiger partial charge on any atom is -0.364 e. The van der Waals surface area contributed by atoms with Crippen LogP contribution in [0.3, 0.4) is 0 Å². The zero-order valence-corrected chi connectivity index (χ0v) is 15.4. The molecule has 2 aliphatic carbocycles. The lowest BCUT2D eigenvalue weighted by Crippen LogP contribution is -2.46. The summed E-state index contributed by atoms with van der Waals surface area (Å²) in [4.78, 5) is 0. The van der Waals surface area contributed by atoms with Gasteiger partial charge in [0.15, 0.2) is 0 Å². The maximum absolute atomic E-state index is 6.73. The van der Waals surface area contributed by atoms with Crippen LogP contribution in [0.5, 0.6) is 0 Å². The molecule has 122 valence electrons. The van der Waals surface area contributed by atoms with Crippen molar-refractivity contribution in [3.8, 4) is 0 Å². The van der Waals surface area contributed by atoms with Gasteiger partial charge in [-0.3, -0.25) is 0 Å². The third-order valence-corrected chi connectivity index (χ3v) is 4.26. The summed E-state index contributed by atoms with van der Waals surface area (Å²) in [5.41, 5.74) is 3.91. The molecule has 1 atom stereocenters. The first-order valence-electron chi connectivity index (χ1n) is 8.47. The molecule has 0 bridgehead atoms. The molecule has 1 heteroatoms. The van der Waals surface area contributed by atoms with Crippen molar-refractivity contribution < 1.29 is 4.74 Å². The first-order chi connectivity index (χ1) is 10.0. The SMILES string of the molecule is CC1=CCC(CC2=CCC=C2)(OC(C)(C)C)C(C(C)(C)C)=C1. The molecular weight excluding hydrogens is 268 g/mol. The molecule has 0 heterocycles. The van der Waals surface area contributed by atoms with E-state index in [2.05, 4.69) is 78.8 Å². The third-order valence-electron chi connectivity index (χ3n) is 4.26. The van der Waals surface area contributed by atoms with Crippen molar-refractivity contribution in [3.63, 3.8) is 0 Å². The standard InChI is InChI=1S/C21H32O/c1-16-12-13-21(22-20(5,6)7,15-17-10-8-9-11-17)18(14-16)19(2,3)4/h8,10-12,14H,9,13,15H2,1-7H3. The molecule has 0 saturated heterocycles. The lowest BCUT2D eigenvalue weighted by Gasteiger charge is -2.47. The number of hydrogen-bond donors (Lipinski definition) is 0. The van der Waals surface area contributed by atoms with Gasteiger partial charge in [0.25, 0.3) is 0 Å². The summed E-state index contributed by atoms with van der Waals surface area (Å²) < 4.78 is 6.73. The van der Waals surface area contributed by atoms with Crippen molar-refractivity contribution in [2.45, 2.75) is 78.9 Å². The van der Waals surface area contributed by atoms with Crippen LogP contribution in [0.25, 0.3) is 0 Å². The molecule has 2 aliphatic rings. The summed E-state index contributed by atoms with van der Waals surface area (Å²) in [6.07, 6.45) is 14.5. The van der Waals surface area contributed by atoms with E-state index in [-0.39, 0.29) is 16.6 Å². The Morgan fingerprint density at radius 1 is 1.09 bits per heavy atom. The van der Waals surface area contributed by atoms with Crippen LogP contribution in [0.4, 0.5) is 0 Å². The Kier molecular flexibility index (Phi) is 4.59. The average molecular weight is 300 g/mol. The lowest BCUT2D eigenvalue weighted by atomic mass is 9.68. The van der Waals surface area contributed by atoms with Crippen LogP contribution in [-0.2, 0) is 4.74 Å². The molecule has 0 aliphatic heterocycles. The first kappa shape index (κ1) is 17.3. The minimum atomic E-state index is -0.226. The summed E-state index contributed by atoms with van der Waals surface area (Å²) in [6.45, 7) is 15.6. The Balaban J connectivity index is 2.47. The van der Waals surface area contributed by atoms with Gasteiger partial charge >= 0.3 is 0 Å². The predicted octanol–water partition coefficient (Wildman–Crippen LogP) is 6.14.